The van der Waals surface area contributed by atoms with E-state index in [9.17, 15) is 9.59 Å². The number of thiazole rings is 1. The van der Waals surface area contributed by atoms with Crippen molar-refractivity contribution in [3.8, 4) is 11.3 Å². The van der Waals surface area contributed by atoms with Crippen LogP contribution in [0.25, 0.3) is 11.3 Å². The number of carbonyl (C=O) groups is 2. The van der Waals surface area contributed by atoms with Crippen LogP contribution in [0.5, 0.6) is 0 Å². The molecular weight excluding hydrogens is 636 g/mol. The lowest BCUT2D eigenvalue weighted by molar-refractivity contribution is -0.115. The van der Waals surface area contributed by atoms with Crippen molar-refractivity contribution in [1.29, 1.82) is 0 Å². The van der Waals surface area contributed by atoms with E-state index in [4.69, 9.17) is 0 Å². The highest BCUT2D eigenvalue weighted by molar-refractivity contribution is 9.10. The number of allylic oxidation sites excluding steroid dienone is 2. The Labute approximate surface area is 259 Å². The summed E-state index contributed by atoms with van der Waals surface area (Å²) in [5.74, 6) is -0.133. The smallest absolute Gasteiger partial charge is 0.307 e. The third-order valence-electron chi connectivity index (χ3n) is 6.60. The van der Waals surface area contributed by atoms with E-state index in [0.29, 0.717) is 10.8 Å². The summed E-state index contributed by atoms with van der Waals surface area (Å²) in [6.45, 7) is 1.86. The minimum absolute atomic E-state index is 0.0729. The van der Waals surface area contributed by atoms with E-state index in [0.717, 1.165) is 31.2 Å². The lowest BCUT2D eigenvalue weighted by Crippen LogP contribution is -2.49. The monoisotopic (exact) mass is 660 g/mol. The average molecular weight is 662 g/mol. The molecule has 10 heteroatoms. The van der Waals surface area contributed by atoms with Crippen molar-refractivity contribution in [1.82, 2.24) is 4.98 Å². The molecule has 206 valence electrons. The fourth-order valence-corrected chi connectivity index (χ4v) is 7.78. The molecule has 0 bridgehead atoms. The van der Waals surface area contributed by atoms with Gasteiger partial charge in [0.05, 0.1) is 27.9 Å². The molecule has 3 amide bonds. The number of hydrogen-bond acceptors (Lipinski definition) is 6. The summed E-state index contributed by atoms with van der Waals surface area (Å²) >= 11 is 8.05. The number of nitrogens with one attached hydrogen (secondary N) is 2. The number of fused-ring (bicyclic) bond motifs is 2. The van der Waals surface area contributed by atoms with Crippen LogP contribution in [0.15, 0.2) is 117 Å². The summed E-state index contributed by atoms with van der Waals surface area (Å²) < 4.78 is 1.00. The van der Waals surface area contributed by atoms with Crippen molar-refractivity contribution in [2.24, 2.45) is 0 Å². The molecule has 3 atom stereocenters. The summed E-state index contributed by atoms with van der Waals surface area (Å²) in [6, 6.07) is 23.2. The molecular formula is C31H25BrN4O2S3. The summed E-state index contributed by atoms with van der Waals surface area (Å²) in [5.41, 5.74) is 3.39. The predicted octanol–water partition coefficient (Wildman–Crippen LogP) is 8.70. The van der Waals surface area contributed by atoms with Gasteiger partial charge in [0.1, 0.15) is 0 Å². The first-order chi connectivity index (χ1) is 19.9. The van der Waals surface area contributed by atoms with Crippen molar-refractivity contribution < 1.29 is 9.59 Å². The number of nitrogens with zero attached hydrogens (tertiary/aromatic N) is 2. The number of anilines is 3. The van der Waals surface area contributed by atoms with Gasteiger partial charge in [-0.1, -0.05) is 70.6 Å². The number of benzene rings is 3. The standard InChI is InChI=1S/C31H25BrN4O2S3/c1-19(29(37)35-30-34-24(18-39-30)20-13-15-21(32)16-14-20)40-23-8-6-7-22(17-23)33-31(38)36-25-9-2-4-11-27(25)41-28-12-5-3-10-26(28)36/h2-19,25,27H,1H3,(H,33,38)(H,34,35,37). The van der Waals surface area contributed by atoms with Gasteiger partial charge in [0.25, 0.3) is 0 Å². The molecule has 0 saturated carbocycles. The van der Waals surface area contributed by atoms with Gasteiger partial charge in [0, 0.05) is 30.9 Å². The van der Waals surface area contributed by atoms with Crippen LogP contribution in [0.3, 0.4) is 0 Å². The Morgan fingerprint density at radius 3 is 2.66 bits per heavy atom. The molecule has 3 unspecified atom stereocenters. The highest BCUT2D eigenvalue weighted by Crippen LogP contribution is 2.43. The van der Waals surface area contributed by atoms with Gasteiger partial charge in [0.2, 0.25) is 5.91 Å². The first kappa shape index (κ1) is 27.8. The molecule has 0 radical (unpaired) electrons. The van der Waals surface area contributed by atoms with Gasteiger partial charge in [0.15, 0.2) is 5.13 Å². The number of carbonyl (C=O) groups excluding carboxylic acids is 2. The Hall–Kier alpha value is -3.31. The van der Waals surface area contributed by atoms with Crippen molar-refractivity contribution in [2.45, 2.75) is 33.3 Å². The van der Waals surface area contributed by atoms with Gasteiger partial charge in [-0.05, 0) is 49.4 Å². The molecule has 3 aromatic carbocycles. The predicted molar refractivity (Wildman–Crippen MR) is 175 cm³/mol. The van der Waals surface area contributed by atoms with E-state index in [1.54, 1.807) is 11.8 Å². The summed E-state index contributed by atoms with van der Waals surface area (Å²) in [5, 5.41) is 8.31. The Bertz CT molecular complexity index is 1650. The maximum absolute atomic E-state index is 13.6. The zero-order valence-electron chi connectivity index (χ0n) is 21.9. The van der Waals surface area contributed by atoms with Crippen LogP contribution in [0.1, 0.15) is 6.92 Å². The molecule has 2 N–H and O–H groups in total. The number of rotatable bonds is 6. The van der Waals surface area contributed by atoms with E-state index >= 15 is 0 Å². The van der Waals surface area contributed by atoms with Crippen molar-refractivity contribution >= 4 is 79.2 Å². The maximum atomic E-state index is 13.6. The fraction of sp³-hybridized carbons (Fsp3) is 0.129. The fourth-order valence-electron chi connectivity index (χ4n) is 4.60. The van der Waals surface area contributed by atoms with Gasteiger partial charge in [-0.25, -0.2) is 9.78 Å². The number of amides is 3. The van der Waals surface area contributed by atoms with E-state index < -0.39 is 0 Å². The Balaban J connectivity index is 1.11. The van der Waals surface area contributed by atoms with Gasteiger partial charge < -0.3 is 10.6 Å². The Morgan fingerprint density at radius 2 is 1.80 bits per heavy atom. The molecule has 4 aromatic rings. The van der Waals surface area contributed by atoms with Crippen LogP contribution in [-0.2, 0) is 4.79 Å². The van der Waals surface area contributed by atoms with Crippen LogP contribution in [-0.4, -0.2) is 33.5 Å². The van der Waals surface area contributed by atoms with E-state index in [1.807, 2.05) is 96.1 Å². The highest BCUT2D eigenvalue weighted by Gasteiger charge is 2.36. The average Bonchev–Trinajstić information content (AvgIpc) is 3.44. The topological polar surface area (TPSA) is 74.3 Å². The Morgan fingerprint density at radius 1 is 1.00 bits per heavy atom. The minimum atomic E-state index is -0.369. The van der Waals surface area contributed by atoms with Gasteiger partial charge >= 0.3 is 6.03 Å². The van der Waals surface area contributed by atoms with Gasteiger partial charge in [-0.2, -0.15) is 0 Å². The molecule has 2 aliphatic rings. The third kappa shape index (κ3) is 6.30. The third-order valence-corrected chi connectivity index (χ3v) is 10.3. The van der Waals surface area contributed by atoms with E-state index in [-0.39, 0.29) is 28.5 Å². The quantitative estimate of drug-likeness (QED) is 0.202. The molecule has 1 aliphatic carbocycles. The van der Waals surface area contributed by atoms with E-state index in [2.05, 4.69) is 49.8 Å². The molecule has 0 saturated heterocycles. The van der Waals surface area contributed by atoms with Crippen LogP contribution in [0.2, 0.25) is 0 Å². The number of urea groups is 1. The second-order valence-corrected chi connectivity index (χ2v) is 13.8. The Kier molecular flexibility index (Phi) is 8.34. The normalized spacial score (nSPS) is 17.9. The van der Waals surface area contributed by atoms with Crippen molar-refractivity contribution in [3.63, 3.8) is 0 Å². The second kappa shape index (κ2) is 12.3. The molecule has 6 nitrogen and oxygen atoms in total. The molecule has 0 spiro atoms. The first-order valence-corrected chi connectivity index (χ1v) is 16.4. The molecule has 1 aliphatic heterocycles. The molecule has 6 rings (SSSR count). The molecule has 1 aromatic heterocycles. The first-order valence-electron chi connectivity index (χ1n) is 12.9. The molecule has 2 heterocycles. The van der Waals surface area contributed by atoms with Crippen molar-refractivity contribution in [2.75, 3.05) is 15.5 Å². The summed E-state index contributed by atoms with van der Waals surface area (Å²) in [4.78, 5) is 35.0. The maximum Gasteiger partial charge on any atom is 0.326 e. The highest BCUT2D eigenvalue weighted by atomic mass is 79.9. The zero-order chi connectivity index (χ0) is 28.3. The molecule has 0 fully saturated rings. The van der Waals surface area contributed by atoms with Gasteiger partial charge in [-0.3, -0.25) is 9.69 Å². The van der Waals surface area contributed by atoms with E-state index in [1.165, 1.54) is 23.1 Å². The van der Waals surface area contributed by atoms with Crippen LogP contribution >= 0.6 is 50.8 Å². The zero-order valence-corrected chi connectivity index (χ0v) is 25.9. The lowest BCUT2D eigenvalue weighted by Gasteiger charge is -2.40. The van der Waals surface area contributed by atoms with Crippen molar-refractivity contribution in [3.05, 3.63) is 107 Å². The second-order valence-electron chi connectivity index (χ2n) is 9.43. The number of halogens is 1. The molecule has 41 heavy (non-hydrogen) atoms. The number of para-hydroxylation sites is 1. The lowest BCUT2D eigenvalue weighted by atomic mass is 10.1. The number of thioether (sulfide) groups is 2. The number of aromatic nitrogens is 1. The largest absolute Gasteiger partial charge is 0.326 e. The summed E-state index contributed by atoms with van der Waals surface area (Å²) in [7, 11) is 0. The van der Waals surface area contributed by atoms with Crippen LogP contribution < -0.4 is 15.5 Å². The minimum Gasteiger partial charge on any atom is -0.307 e. The number of hydrogen-bond donors (Lipinski definition) is 2. The van der Waals surface area contributed by atoms with Crippen LogP contribution in [0.4, 0.5) is 21.3 Å². The SMILES string of the molecule is CC(Sc1cccc(NC(=O)N2c3ccccc3SC3C=CC=CC32)c1)C(=O)Nc1nc(-c2ccc(Br)cc2)cs1. The summed E-state index contributed by atoms with van der Waals surface area (Å²) in [6.07, 6.45) is 8.24. The van der Waals surface area contributed by atoms with Crippen LogP contribution in [0, 0.1) is 0 Å². The van der Waals surface area contributed by atoms with Gasteiger partial charge in [-0.15, -0.1) is 34.9 Å².